The molecular weight excluding hydrogens is 344 g/mol. The van der Waals surface area contributed by atoms with Crippen LogP contribution in [0.3, 0.4) is 0 Å². The molecule has 2 N–H and O–H groups in total. The Balaban J connectivity index is 2.14. The number of ether oxygens (including phenoxy) is 2. The molecule has 1 atom stereocenters. The summed E-state index contributed by atoms with van der Waals surface area (Å²) in [6, 6.07) is 3.66. The highest BCUT2D eigenvalue weighted by Gasteiger charge is 2.33. The quantitative estimate of drug-likeness (QED) is 0.859. The van der Waals surface area contributed by atoms with E-state index < -0.39 is 18.0 Å². The molecule has 0 spiro atoms. The maximum atomic E-state index is 12.3. The third-order valence-electron chi connectivity index (χ3n) is 3.09. The van der Waals surface area contributed by atoms with Crippen molar-refractivity contribution < 1.29 is 24.2 Å². The van der Waals surface area contributed by atoms with Gasteiger partial charge in [0.1, 0.15) is 5.75 Å². The Morgan fingerprint density at radius 2 is 2.29 bits per heavy atom. The van der Waals surface area contributed by atoms with E-state index >= 15 is 0 Å². The average Bonchev–Trinajstić information content (AvgIpc) is 2.49. The zero-order valence-electron chi connectivity index (χ0n) is 11.3. The van der Waals surface area contributed by atoms with Crippen molar-refractivity contribution in [1.29, 1.82) is 0 Å². The molecule has 0 saturated carbocycles. The number of benzene rings is 1. The van der Waals surface area contributed by atoms with Crippen molar-refractivity contribution in [3.63, 3.8) is 0 Å². The summed E-state index contributed by atoms with van der Waals surface area (Å²) >= 11 is 3.33. The minimum absolute atomic E-state index is 0.0119. The Labute approximate surface area is 130 Å². The number of nitrogens with zero attached hydrogens (tertiary/aromatic N) is 1. The molecule has 1 saturated heterocycles. The number of aliphatic carboxylic acids is 1. The molecule has 21 heavy (non-hydrogen) atoms. The molecule has 2 rings (SSSR count). The highest BCUT2D eigenvalue weighted by molar-refractivity contribution is 9.10. The molecule has 0 aliphatic carbocycles. The van der Waals surface area contributed by atoms with E-state index in [2.05, 4.69) is 21.2 Å². The van der Waals surface area contributed by atoms with Crippen molar-refractivity contribution >= 4 is 33.6 Å². The molecule has 1 aromatic rings. The van der Waals surface area contributed by atoms with Crippen LogP contribution in [-0.4, -0.2) is 54.9 Å². The molecule has 1 heterocycles. The van der Waals surface area contributed by atoms with Gasteiger partial charge in [-0.05, 0) is 28.1 Å². The number of urea groups is 1. The van der Waals surface area contributed by atoms with Crippen LogP contribution < -0.4 is 10.1 Å². The summed E-state index contributed by atoms with van der Waals surface area (Å²) in [4.78, 5) is 24.7. The summed E-state index contributed by atoms with van der Waals surface area (Å²) in [6.07, 6.45) is 0. The monoisotopic (exact) mass is 358 g/mol. The van der Waals surface area contributed by atoms with Crippen LogP contribution in [0.1, 0.15) is 0 Å². The van der Waals surface area contributed by atoms with E-state index in [1.807, 2.05) is 0 Å². The number of carbonyl (C=O) groups excluding carboxylic acids is 1. The summed E-state index contributed by atoms with van der Waals surface area (Å²) < 4.78 is 10.9. The number of methoxy groups -OCH3 is 1. The molecule has 0 radical (unpaired) electrons. The number of carboxylic acids is 1. The van der Waals surface area contributed by atoms with Crippen molar-refractivity contribution in [2.24, 2.45) is 0 Å². The molecule has 0 aromatic heterocycles. The molecule has 1 unspecified atom stereocenters. The molecule has 1 aromatic carbocycles. The fraction of sp³-hybridized carbons (Fsp3) is 0.385. The Hall–Kier alpha value is -1.80. The number of carbonyl (C=O) groups is 2. The zero-order valence-corrected chi connectivity index (χ0v) is 12.9. The molecule has 7 nitrogen and oxygen atoms in total. The number of rotatable bonds is 3. The Morgan fingerprint density at radius 1 is 1.52 bits per heavy atom. The number of halogens is 1. The van der Waals surface area contributed by atoms with Crippen LogP contribution in [0.5, 0.6) is 5.75 Å². The molecule has 1 aliphatic heterocycles. The summed E-state index contributed by atoms with van der Waals surface area (Å²) in [5.41, 5.74) is 0.509. The van der Waals surface area contributed by atoms with Crippen LogP contribution in [0.25, 0.3) is 0 Å². The number of morpholine rings is 1. The standard InChI is InChI=1S/C13H15BrN2O5/c1-20-8-2-3-9(14)10(6-8)15-13(19)16-4-5-21-7-11(16)12(17)18/h2-3,6,11H,4-5,7H2,1H3,(H,15,19)(H,17,18). The number of hydrogen-bond donors (Lipinski definition) is 2. The third-order valence-corrected chi connectivity index (χ3v) is 3.78. The van der Waals surface area contributed by atoms with Gasteiger partial charge in [-0.3, -0.25) is 0 Å². The van der Waals surface area contributed by atoms with Crippen LogP contribution in [0.2, 0.25) is 0 Å². The van der Waals surface area contributed by atoms with Crippen molar-refractivity contribution in [3.8, 4) is 5.75 Å². The predicted octanol–water partition coefficient (Wildman–Crippen LogP) is 1.77. The van der Waals surface area contributed by atoms with Crippen LogP contribution in [0, 0.1) is 0 Å². The molecule has 1 fully saturated rings. The van der Waals surface area contributed by atoms with E-state index in [0.717, 1.165) is 0 Å². The third kappa shape index (κ3) is 3.64. The van der Waals surface area contributed by atoms with Gasteiger partial charge in [0, 0.05) is 17.1 Å². The molecule has 114 valence electrons. The summed E-state index contributed by atoms with van der Waals surface area (Å²) in [7, 11) is 1.53. The first-order valence-electron chi connectivity index (χ1n) is 6.24. The zero-order chi connectivity index (χ0) is 15.4. The van der Waals surface area contributed by atoms with E-state index in [4.69, 9.17) is 14.6 Å². The van der Waals surface area contributed by atoms with Crippen LogP contribution in [0.15, 0.2) is 22.7 Å². The average molecular weight is 359 g/mol. The van der Waals surface area contributed by atoms with Gasteiger partial charge in [-0.25, -0.2) is 9.59 Å². The van der Waals surface area contributed by atoms with Gasteiger partial charge in [-0.2, -0.15) is 0 Å². The molecule has 8 heteroatoms. The van der Waals surface area contributed by atoms with E-state index in [0.29, 0.717) is 22.5 Å². The smallest absolute Gasteiger partial charge is 0.328 e. The van der Waals surface area contributed by atoms with Crippen LogP contribution in [0.4, 0.5) is 10.5 Å². The SMILES string of the molecule is COc1ccc(Br)c(NC(=O)N2CCOCC2C(=O)O)c1. The van der Waals surface area contributed by atoms with Crippen LogP contribution in [-0.2, 0) is 9.53 Å². The number of amides is 2. The number of carboxylic acid groups (broad SMARTS) is 1. The fourth-order valence-corrected chi connectivity index (χ4v) is 2.31. The lowest BCUT2D eigenvalue weighted by Crippen LogP contribution is -2.53. The highest BCUT2D eigenvalue weighted by atomic mass is 79.9. The first-order chi connectivity index (χ1) is 10.0. The lowest BCUT2D eigenvalue weighted by Gasteiger charge is -2.32. The number of nitrogens with one attached hydrogen (secondary N) is 1. The normalized spacial score (nSPS) is 18.2. The van der Waals surface area contributed by atoms with Crippen molar-refractivity contribution in [1.82, 2.24) is 4.90 Å². The van der Waals surface area contributed by atoms with Crippen molar-refractivity contribution in [2.75, 3.05) is 32.2 Å². The summed E-state index contributed by atoms with van der Waals surface area (Å²) in [6.45, 7) is 0.531. The lowest BCUT2D eigenvalue weighted by atomic mass is 10.2. The molecule has 2 amide bonds. The Bertz CT molecular complexity index is 551. The van der Waals surface area contributed by atoms with E-state index in [1.165, 1.54) is 12.0 Å². The first-order valence-corrected chi connectivity index (χ1v) is 7.04. The highest BCUT2D eigenvalue weighted by Crippen LogP contribution is 2.27. The number of anilines is 1. The van der Waals surface area contributed by atoms with Gasteiger partial charge in [0.2, 0.25) is 0 Å². The van der Waals surface area contributed by atoms with Crippen LogP contribution >= 0.6 is 15.9 Å². The van der Waals surface area contributed by atoms with Gasteiger partial charge in [-0.1, -0.05) is 0 Å². The second-order valence-corrected chi connectivity index (χ2v) is 5.25. The molecule has 1 aliphatic rings. The molecule has 0 bridgehead atoms. The van der Waals surface area contributed by atoms with Crippen molar-refractivity contribution in [2.45, 2.75) is 6.04 Å². The maximum absolute atomic E-state index is 12.3. The lowest BCUT2D eigenvalue weighted by molar-refractivity contribution is -0.147. The summed E-state index contributed by atoms with van der Waals surface area (Å²) in [5, 5.41) is 11.8. The fourth-order valence-electron chi connectivity index (χ4n) is 1.97. The van der Waals surface area contributed by atoms with E-state index in [1.54, 1.807) is 18.2 Å². The van der Waals surface area contributed by atoms with Crippen molar-refractivity contribution in [3.05, 3.63) is 22.7 Å². The van der Waals surface area contributed by atoms with Gasteiger partial charge in [0.05, 0.1) is 26.0 Å². The molecular formula is C13H15BrN2O5. The second kappa shape index (κ2) is 6.77. The summed E-state index contributed by atoms with van der Waals surface area (Å²) in [5.74, 6) is -0.500. The topological polar surface area (TPSA) is 88.1 Å². The van der Waals surface area contributed by atoms with Gasteiger partial charge >= 0.3 is 12.0 Å². The van der Waals surface area contributed by atoms with E-state index in [9.17, 15) is 9.59 Å². The first kappa shape index (κ1) is 15.6. The maximum Gasteiger partial charge on any atom is 0.328 e. The van der Waals surface area contributed by atoms with Gasteiger partial charge < -0.3 is 24.8 Å². The Kier molecular flexibility index (Phi) is 5.03. The van der Waals surface area contributed by atoms with E-state index in [-0.39, 0.29) is 13.2 Å². The van der Waals surface area contributed by atoms with Gasteiger partial charge in [0.15, 0.2) is 6.04 Å². The minimum Gasteiger partial charge on any atom is -0.497 e. The predicted molar refractivity (Wildman–Crippen MR) is 78.7 cm³/mol. The van der Waals surface area contributed by atoms with Gasteiger partial charge in [0.25, 0.3) is 0 Å². The van der Waals surface area contributed by atoms with Gasteiger partial charge in [-0.15, -0.1) is 0 Å². The minimum atomic E-state index is -1.09. The Morgan fingerprint density at radius 3 is 2.95 bits per heavy atom. The largest absolute Gasteiger partial charge is 0.497 e. The number of hydrogen-bond acceptors (Lipinski definition) is 4. The second-order valence-electron chi connectivity index (χ2n) is 4.40.